The molecule has 0 N–H and O–H groups in total. The molecule has 8 heteroatoms. The lowest BCUT2D eigenvalue weighted by Crippen LogP contribution is -2.30. The fourth-order valence-electron chi connectivity index (χ4n) is 20.0. The topological polar surface area (TPSA) is 93.2 Å². The number of allylic oxidation sites excluding steroid dienone is 2. The Hall–Kier alpha value is -4.98. The zero-order valence-electron chi connectivity index (χ0n) is 76.9. The highest BCUT2D eigenvalue weighted by atomic mass is 16.5. The monoisotopic (exact) mass is 1600 g/mol. The second kappa shape index (κ2) is 60.5. The minimum absolute atomic E-state index is 0.0909. The van der Waals surface area contributed by atoms with Crippen LogP contribution in [0.5, 0.6) is 11.5 Å². The van der Waals surface area contributed by atoms with Crippen LogP contribution in [0.15, 0.2) is 47.5 Å². The standard InChI is InChI=1S/C108H176N2O6/c1-9-13-17-21-25-29-33-37-41-45-49-53-57-61-65-69-73-89(74-70-66-62-58-54-50-46-42-38-34-30-26-22-18-14-10-2)81-83-109-103-91-78-80-94-101(102-96-86-97-95(85-98(96)116-108(102)114)100(88(7)8)107(113)115-97)106(112)110(104(94)92(91)77-79-93(103)99(87(5)6)105(109)111)84-82-90(75-71-67-63-59-55-51-47-43-39-35-31-27-23-19-15-11-3)76-72-68-64-60-56-52-48-44-40-36-32-28-24-20-16-12-4/h77-80,85-86,89-90H,9-76,81-84H2,1-8H3/b102-101+. The lowest BCUT2D eigenvalue weighted by atomic mass is 9.90. The lowest BCUT2D eigenvalue weighted by Gasteiger charge is -2.25. The summed E-state index contributed by atoms with van der Waals surface area (Å²) in [5.74, 6) is 0.623. The molecule has 0 atom stereocenters. The van der Waals surface area contributed by atoms with Crippen LogP contribution >= 0.6 is 0 Å². The van der Waals surface area contributed by atoms with E-state index in [9.17, 15) is 9.59 Å². The maximum atomic E-state index is 16.1. The van der Waals surface area contributed by atoms with Crippen LogP contribution in [-0.4, -0.2) is 36.8 Å². The molecule has 0 fully saturated rings. The molecule has 0 bridgehead atoms. The van der Waals surface area contributed by atoms with Gasteiger partial charge in [0.2, 0.25) is 0 Å². The average Bonchev–Trinajstić information content (AvgIpc) is 1.55. The maximum absolute atomic E-state index is 16.1. The Morgan fingerprint density at radius 2 is 0.509 bits per heavy atom. The zero-order chi connectivity index (χ0) is 82.4. The van der Waals surface area contributed by atoms with Crippen molar-refractivity contribution in [3.05, 3.63) is 69.8 Å². The summed E-state index contributed by atoms with van der Waals surface area (Å²) in [6.07, 6.45) is 93.9. The third-order valence-electron chi connectivity index (χ3n) is 27.2. The number of unbranched alkanes of at least 4 members (excludes halogenated alkanes) is 60. The van der Waals surface area contributed by atoms with Crippen LogP contribution in [0.4, 0.5) is 11.4 Å². The number of hydrogen-bond acceptors (Lipinski definition) is 6. The number of carbonyl (C=O) groups is 4. The molecule has 4 heterocycles. The fraction of sp³-hybridized carbons (Fsp3) is 0.759. The van der Waals surface area contributed by atoms with E-state index in [-0.39, 0.29) is 17.4 Å². The molecule has 4 aliphatic rings. The third kappa shape index (κ3) is 34.9. The minimum atomic E-state index is -0.567. The van der Waals surface area contributed by atoms with Crippen LogP contribution in [0.2, 0.25) is 0 Å². The summed E-state index contributed by atoms with van der Waals surface area (Å²) in [7, 11) is 0. The Bertz CT molecular complexity index is 3260. The molecular weight excluding hydrogens is 1420 g/mol. The highest BCUT2D eigenvalue weighted by Gasteiger charge is 2.45. The average molecular weight is 1600 g/mol. The molecule has 0 aromatic heterocycles. The van der Waals surface area contributed by atoms with Crippen molar-refractivity contribution in [3.8, 4) is 11.5 Å². The molecule has 8 nitrogen and oxygen atoms in total. The van der Waals surface area contributed by atoms with E-state index in [1.54, 1.807) is 12.1 Å². The Morgan fingerprint density at radius 1 is 0.259 bits per heavy atom. The smallest absolute Gasteiger partial charge is 0.345 e. The number of esters is 2. The molecule has 0 radical (unpaired) electrons. The summed E-state index contributed by atoms with van der Waals surface area (Å²) in [6, 6.07) is 12.1. The first-order chi connectivity index (χ1) is 56.9. The number of hydrogen-bond donors (Lipinski definition) is 0. The van der Waals surface area contributed by atoms with Gasteiger partial charge in [-0.25, -0.2) is 9.59 Å². The Kier molecular flexibility index (Phi) is 51.2. The molecule has 7 rings (SSSR count). The van der Waals surface area contributed by atoms with Crippen molar-refractivity contribution in [2.24, 2.45) is 11.8 Å². The van der Waals surface area contributed by atoms with Gasteiger partial charge in [0, 0.05) is 51.7 Å². The van der Waals surface area contributed by atoms with Gasteiger partial charge in [-0.05, 0) is 64.5 Å². The molecule has 0 saturated heterocycles. The first kappa shape index (κ1) is 98.1. The van der Waals surface area contributed by atoms with E-state index in [4.69, 9.17) is 9.47 Å². The molecule has 3 aromatic rings. The maximum Gasteiger partial charge on any atom is 0.345 e. The van der Waals surface area contributed by atoms with Crippen molar-refractivity contribution in [2.75, 3.05) is 22.9 Å². The van der Waals surface area contributed by atoms with Crippen LogP contribution in [0.25, 0.3) is 33.1 Å². The Labute approximate surface area is 713 Å². The number of fused-ring (bicyclic) bond motifs is 7. The van der Waals surface area contributed by atoms with E-state index in [1.807, 2.05) is 18.7 Å². The van der Waals surface area contributed by atoms with E-state index in [2.05, 4.69) is 70.7 Å². The molecular formula is C108H176N2O6. The van der Waals surface area contributed by atoms with E-state index in [1.165, 1.54) is 424 Å². The molecule has 4 aliphatic heterocycles. The summed E-state index contributed by atoms with van der Waals surface area (Å²) in [5.41, 5.74) is 8.25. The fourth-order valence-corrected chi connectivity index (χ4v) is 20.0. The van der Waals surface area contributed by atoms with Crippen molar-refractivity contribution in [2.45, 2.75) is 505 Å². The van der Waals surface area contributed by atoms with Gasteiger partial charge < -0.3 is 19.3 Å². The van der Waals surface area contributed by atoms with Crippen LogP contribution < -0.4 is 19.3 Å². The van der Waals surface area contributed by atoms with Crippen molar-refractivity contribution in [3.63, 3.8) is 0 Å². The Morgan fingerprint density at radius 3 is 0.810 bits per heavy atom. The van der Waals surface area contributed by atoms with Crippen LogP contribution in [0, 0.1) is 11.8 Å². The first-order valence-corrected chi connectivity index (χ1v) is 50.9. The second-order valence-electron chi connectivity index (χ2n) is 37.7. The van der Waals surface area contributed by atoms with Crippen molar-refractivity contribution >= 4 is 68.2 Å². The van der Waals surface area contributed by atoms with Gasteiger partial charge in [0.15, 0.2) is 0 Å². The number of nitrogens with zero attached hydrogens (tertiary/aromatic N) is 2. The first-order valence-electron chi connectivity index (χ1n) is 50.9. The van der Waals surface area contributed by atoms with Gasteiger partial charge in [-0.3, -0.25) is 9.59 Å². The highest BCUT2D eigenvalue weighted by Crippen LogP contribution is 2.54. The summed E-state index contributed by atoms with van der Waals surface area (Å²) >= 11 is 0. The van der Waals surface area contributed by atoms with Crippen LogP contribution in [-0.2, 0) is 19.2 Å². The van der Waals surface area contributed by atoms with Crippen LogP contribution in [0.1, 0.15) is 527 Å². The summed E-state index contributed by atoms with van der Waals surface area (Å²) in [6.45, 7) is 18.4. The van der Waals surface area contributed by atoms with Gasteiger partial charge in [0.05, 0.1) is 28.1 Å². The molecule has 0 unspecified atom stereocenters. The SMILES string of the molecule is CCCCCCCCCCCCCCCCCCC(CCCCCCCCCCCCCCCCCC)CCN1C(=O)C(=C(C)C)c2ccc3c4c(ccc3c21)/C(=C1\C(=O)Oc2cc3c(cc21)OC(=O)C3=C(C)C)C(=O)N4CCC(CCCCCCCCCCCCCCCCCC)CCCCCCCCCCCCCCCCCC. The molecule has 2 amide bonds. The number of carbonyl (C=O) groups excluding carboxylic acids is 4. The second-order valence-corrected chi connectivity index (χ2v) is 37.7. The number of amides is 2. The molecule has 3 aromatic carbocycles. The highest BCUT2D eigenvalue weighted by molar-refractivity contribution is 6.48. The summed E-state index contributed by atoms with van der Waals surface area (Å²) < 4.78 is 12.1. The summed E-state index contributed by atoms with van der Waals surface area (Å²) in [5, 5.41) is 1.92. The Balaban J connectivity index is 1.08. The van der Waals surface area contributed by atoms with Crippen LogP contribution in [0.3, 0.4) is 0 Å². The number of anilines is 2. The van der Waals surface area contributed by atoms with Gasteiger partial charge in [0.25, 0.3) is 11.8 Å². The predicted octanol–water partition coefficient (Wildman–Crippen LogP) is 34.5. The quantitative estimate of drug-likeness (QED) is 0.0242. The zero-order valence-corrected chi connectivity index (χ0v) is 76.9. The van der Waals surface area contributed by atoms with E-state index >= 15 is 9.59 Å². The molecule has 0 aliphatic carbocycles. The normalized spacial score (nSPS) is 14.5. The number of benzene rings is 3. The molecule has 0 spiro atoms. The van der Waals surface area contributed by atoms with E-state index in [0.717, 1.165) is 70.1 Å². The van der Waals surface area contributed by atoms with E-state index < -0.39 is 11.9 Å². The number of rotatable bonds is 74. The molecule has 0 saturated carbocycles. The van der Waals surface area contributed by atoms with Crippen molar-refractivity contribution < 1.29 is 28.7 Å². The lowest BCUT2D eigenvalue weighted by molar-refractivity contribution is -0.127. The predicted molar refractivity (Wildman–Crippen MR) is 503 cm³/mol. The molecule has 116 heavy (non-hydrogen) atoms. The summed E-state index contributed by atoms with van der Waals surface area (Å²) in [4.78, 5) is 63.8. The van der Waals surface area contributed by atoms with Gasteiger partial charge in [-0.15, -0.1) is 0 Å². The van der Waals surface area contributed by atoms with E-state index in [0.29, 0.717) is 64.3 Å². The van der Waals surface area contributed by atoms with Gasteiger partial charge >= 0.3 is 11.9 Å². The third-order valence-corrected chi connectivity index (χ3v) is 27.2. The number of ether oxygens (including phenoxy) is 2. The van der Waals surface area contributed by atoms with Crippen molar-refractivity contribution in [1.29, 1.82) is 0 Å². The van der Waals surface area contributed by atoms with Gasteiger partial charge in [-0.2, -0.15) is 0 Å². The van der Waals surface area contributed by atoms with Gasteiger partial charge in [0.1, 0.15) is 11.5 Å². The van der Waals surface area contributed by atoms with Gasteiger partial charge in [-0.1, -0.05) is 500 Å². The van der Waals surface area contributed by atoms with Crippen molar-refractivity contribution in [1.82, 2.24) is 0 Å². The minimum Gasteiger partial charge on any atom is -0.422 e. The largest absolute Gasteiger partial charge is 0.422 e. The molecule has 654 valence electrons.